The monoisotopic (exact) mass is 294 g/mol. The lowest BCUT2D eigenvalue weighted by Crippen LogP contribution is -2.53. The van der Waals surface area contributed by atoms with Gasteiger partial charge >= 0.3 is 5.69 Å². The number of aromatic nitrogens is 1. The van der Waals surface area contributed by atoms with Crippen LogP contribution in [0.2, 0.25) is 0 Å². The van der Waals surface area contributed by atoms with Crippen molar-refractivity contribution in [3.8, 4) is 0 Å². The van der Waals surface area contributed by atoms with Crippen LogP contribution >= 0.6 is 0 Å². The molecule has 1 fully saturated rings. The molecule has 2 rings (SSSR count). The van der Waals surface area contributed by atoms with Crippen LogP contribution in [0.1, 0.15) is 18.4 Å². The van der Waals surface area contributed by atoms with E-state index in [9.17, 15) is 15.2 Å². The fourth-order valence-corrected chi connectivity index (χ4v) is 3.00. The Kier molecular flexibility index (Phi) is 4.43. The molecule has 7 nitrogen and oxygen atoms in total. The summed E-state index contributed by atoms with van der Waals surface area (Å²) in [5.41, 5.74) is -0.237. The molecular weight excluding hydrogens is 272 g/mol. The third-order valence-electron chi connectivity index (χ3n) is 3.75. The standard InChI is InChI=1S/C14H22N4O3/c1-11-5-7-15-13(12(11)18(20)21)17-8-4-6-14(19,10-17)9-16(2)3/h5,7,19H,4,6,8-10H2,1-3H3. The number of aliphatic hydroxyl groups is 1. The molecule has 0 aromatic carbocycles. The Labute approximate surface area is 124 Å². The summed E-state index contributed by atoms with van der Waals surface area (Å²) in [5, 5.41) is 22.0. The van der Waals surface area contributed by atoms with Gasteiger partial charge in [0.15, 0.2) is 0 Å². The molecule has 0 radical (unpaired) electrons. The summed E-state index contributed by atoms with van der Waals surface area (Å²) in [4.78, 5) is 18.9. The highest BCUT2D eigenvalue weighted by atomic mass is 16.6. The molecule has 0 spiro atoms. The molecule has 0 amide bonds. The zero-order valence-corrected chi connectivity index (χ0v) is 12.7. The normalized spacial score (nSPS) is 22.6. The number of hydrogen-bond donors (Lipinski definition) is 1. The highest BCUT2D eigenvalue weighted by Crippen LogP contribution is 2.33. The Hall–Kier alpha value is -1.73. The van der Waals surface area contributed by atoms with Crippen LogP contribution in [0.15, 0.2) is 12.3 Å². The number of piperidine rings is 1. The van der Waals surface area contributed by atoms with Gasteiger partial charge in [-0.3, -0.25) is 10.1 Å². The van der Waals surface area contributed by atoms with Gasteiger partial charge in [0.1, 0.15) is 0 Å². The molecular formula is C14H22N4O3. The number of nitro groups is 1. The number of nitrogens with zero attached hydrogens (tertiary/aromatic N) is 4. The van der Waals surface area contributed by atoms with Crippen molar-refractivity contribution in [3.05, 3.63) is 27.9 Å². The molecule has 116 valence electrons. The van der Waals surface area contributed by atoms with Crippen molar-refractivity contribution in [2.45, 2.75) is 25.4 Å². The van der Waals surface area contributed by atoms with E-state index in [4.69, 9.17) is 0 Å². The van der Waals surface area contributed by atoms with Crippen molar-refractivity contribution >= 4 is 11.5 Å². The maximum Gasteiger partial charge on any atom is 0.314 e. The van der Waals surface area contributed by atoms with Crippen LogP contribution in [-0.4, -0.2) is 59.2 Å². The Morgan fingerprint density at radius 2 is 2.29 bits per heavy atom. The minimum Gasteiger partial charge on any atom is -0.387 e. The van der Waals surface area contributed by atoms with E-state index in [0.29, 0.717) is 37.4 Å². The molecule has 1 saturated heterocycles. The summed E-state index contributed by atoms with van der Waals surface area (Å²) in [6.45, 7) is 3.28. The summed E-state index contributed by atoms with van der Waals surface area (Å²) in [5.74, 6) is 0.358. The van der Waals surface area contributed by atoms with Gasteiger partial charge in [-0.15, -0.1) is 0 Å². The molecule has 1 unspecified atom stereocenters. The Morgan fingerprint density at radius 1 is 1.57 bits per heavy atom. The van der Waals surface area contributed by atoms with E-state index in [2.05, 4.69) is 4.98 Å². The van der Waals surface area contributed by atoms with Crippen molar-refractivity contribution in [2.75, 3.05) is 38.6 Å². The third-order valence-corrected chi connectivity index (χ3v) is 3.75. The molecule has 21 heavy (non-hydrogen) atoms. The minimum atomic E-state index is -0.860. The summed E-state index contributed by atoms with van der Waals surface area (Å²) in [7, 11) is 3.81. The summed E-state index contributed by atoms with van der Waals surface area (Å²) < 4.78 is 0. The third kappa shape index (κ3) is 3.48. The van der Waals surface area contributed by atoms with Gasteiger partial charge in [0, 0.05) is 31.4 Å². The average Bonchev–Trinajstić information content (AvgIpc) is 2.36. The topological polar surface area (TPSA) is 82.7 Å². The van der Waals surface area contributed by atoms with Crippen molar-refractivity contribution < 1.29 is 10.0 Å². The van der Waals surface area contributed by atoms with Crippen LogP contribution in [0, 0.1) is 17.0 Å². The first-order valence-electron chi connectivity index (χ1n) is 7.04. The summed E-state index contributed by atoms with van der Waals surface area (Å²) >= 11 is 0. The van der Waals surface area contributed by atoms with Gasteiger partial charge in [-0.1, -0.05) is 0 Å². The van der Waals surface area contributed by atoms with Crippen molar-refractivity contribution in [3.63, 3.8) is 0 Å². The Balaban J connectivity index is 2.30. The smallest absolute Gasteiger partial charge is 0.314 e. The van der Waals surface area contributed by atoms with Crippen molar-refractivity contribution in [1.82, 2.24) is 9.88 Å². The predicted octanol–water partition coefficient (Wildman–Crippen LogP) is 1.19. The van der Waals surface area contributed by atoms with E-state index in [1.807, 2.05) is 23.9 Å². The first-order chi connectivity index (χ1) is 9.82. The van der Waals surface area contributed by atoms with Crippen LogP contribution in [0.5, 0.6) is 0 Å². The SMILES string of the molecule is Cc1ccnc(N2CCCC(O)(CN(C)C)C2)c1[N+](=O)[O-]. The van der Waals surface area contributed by atoms with E-state index in [1.165, 1.54) is 0 Å². The van der Waals surface area contributed by atoms with E-state index < -0.39 is 10.5 Å². The first kappa shape index (κ1) is 15.7. The molecule has 0 bridgehead atoms. The van der Waals surface area contributed by atoms with Crippen LogP contribution in [0.4, 0.5) is 11.5 Å². The zero-order valence-electron chi connectivity index (χ0n) is 12.7. The average molecular weight is 294 g/mol. The summed E-state index contributed by atoms with van der Waals surface area (Å²) in [6.07, 6.45) is 3.07. The lowest BCUT2D eigenvalue weighted by molar-refractivity contribution is -0.384. The molecule has 1 atom stereocenters. The number of hydrogen-bond acceptors (Lipinski definition) is 6. The van der Waals surface area contributed by atoms with E-state index >= 15 is 0 Å². The van der Waals surface area contributed by atoms with Crippen LogP contribution < -0.4 is 4.90 Å². The van der Waals surface area contributed by atoms with Crippen LogP contribution in [-0.2, 0) is 0 Å². The fraction of sp³-hybridized carbons (Fsp3) is 0.643. The van der Waals surface area contributed by atoms with Gasteiger partial charge in [-0.05, 0) is 39.9 Å². The first-order valence-corrected chi connectivity index (χ1v) is 7.04. The quantitative estimate of drug-likeness (QED) is 0.663. The number of rotatable bonds is 4. The maximum atomic E-state index is 11.3. The minimum absolute atomic E-state index is 0.0339. The lowest BCUT2D eigenvalue weighted by Gasteiger charge is -2.40. The van der Waals surface area contributed by atoms with Crippen molar-refractivity contribution in [1.29, 1.82) is 0 Å². The van der Waals surface area contributed by atoms with Gasteiger partial charge in [-0.2, -0.15) is 0 Å². The maximum absolute atomic E-state index is 11.3. The number of β-amino-alcohol motifs (C(OH)–C–C–N with tert-alkyl or cyclic N) is 1. The van der Waals surface area contributed by atoms with E-state index in [1.54, 1.807) is 19.2 Å². The molecule has 0 saturated carbocycles. The second-order valence-corrected chi connectivity index (χ2v) is 6.04. The van der Waals surface area contributed by atoms with Crippen LogP contribution in [0.25, 0.3) is 0 Å². The molecule has 1 aromatic rings. The van der Waals surface area contributed by atoms with Crippen molar-refractivity contribution in [2.24, 2.45) is 0 Å². The Bertz CT molecular complexity index is 535. The molecule has 1 aliphatic heterocycles. The number of likely N-dealkylation sites (N-methyl/N-ethyl adjacent to an activating group) is 1. The summed E-state index contributed by atoms with van der Waals surface area (Å²) in [6, 6.07) is 1.64. The van der Waals surface area contributed by atoms with E-state index in [-0.39, 0.29) is 5.69 Å². The van der Waals surface area contributed by atoms with Crippen LogP contribution in [0.3, 0.4) is 0 Å². The number of aryl methyl sites for hydroxylation is 1. The zero-order chi connectivity index (χ0) is 15.6. The van der Waals surface area contributed by atoms with Gasteiger partial charge < -0.3 is 14.9 Å². The lowest BCUT2D eigenvalue weighted by atomic mass is 9.92. The molecule has 1 aliphatic rings. The highest BCUT2D eigenvalue weighted by molar-refractivity contribution is 5.61. The van der Waals surface area contributed by atoms with E-state index in [0.717, 1.165) is 6.42 Å². The largest absolute Gasteiger partial charge is 0.387 e. The molecule has 2 heterocycles. The number of pyridine rings is 1. The molecule has 7 heteroatoms. The highest BCUT2D eigenvalue weighted by Gasteiger charge is 2.36. The van der Waals surface area contributed by atoms with Gasteiger partial charge in [0.2, 0.25) is 5.82 Å². The van der Waals surface area contributed by atoms with Gasteiger partial charge in [-0.25, -0.2) is 4.98 Å². The predicted molar refractivity (Wildman–Crippen MR) is 80.6 cm³/mol. The molecule has 1 aromatic heterocycles. The second-order valence-electron chi connectivity index (χ2n) is 6.04. The fourth-order valence-electron chi connectivity index (χ4n) is 3.00. The van der Waals surface area contributed by atoms with Gasteiger partial charge in [0.05, 0.1) is 10.5 Å². The second kappa shape index (κ2) is 5.95. The molecule has 1 N–H and O–H groups in total. The molecule has 0 aliphatic carbocycles. The number of anilines is 1. The van der Waals surface area contributed by atoms with Gasteiger partial charge in [0.25, 0.3) is 0 Å². The Morgan fingerprint density at radius 3 is 2.90 bits per heavy atom.